The summed E-state index contributed by atoms with van der Waals surface area (Å²) < 4.78 is 13.7. The van der Waals surface area contributed by atoms with Crippen LogP contribution in [0.1, 0.15) is 22.3 Å². The number of hydrogen-bond acceptors (Lipinski definition) is 4. The number of aromatic nitrogens is 1. The van der Waals surface area contributed by atoms with E-state index in [9.17, 15) is 14.0 Å². The molecule has 9 heteroatoms. The zero-order valence-corrected chi connectivity index (χ0v) is 19.5. The maximum Gasteiger partial charge on any atom is 0.323 e. The van der Waals surface area contributed by atoms with Crippen LogP contribution in [-0.2, 0) is 0 Å². The number of benzene rings is 2. The number of anilines is 3. The van der Waals surface area contributed by atoms with Crippen molar-refractivity contribution in [1.82, 2.24) is 9.88 Å². The van der Waals surface area contributed by atoms with E-state index >= 15 is 0 Å². The highest BCUT2D eigenvalue weighted by atomic mass is 35.5. The van der Waals surface area contributed by atoms with E-state index in [-0.39, 0.29) is 11.7 Å². The van der Waals surface area contributed by atoms with Crippen molar-refractivity contribution in [3.63, 3.8) is 0 Å². The van der Waals surface area contributed by atoms with Crippen LogP contribution >= 0.6 is 11.6 Å². The minimum absolute atomic E-state index is 0.0700. The molecular formula is C25H25ClFN5O2. The van der Waals surface area contributed by atoms with E-state index in [1.807, 2.05) is 17.0 Å². The number of carbonyl (C=O) groups is 2. The molecule has 0 atom stereocenters. The van der Waals surface area contributed by atoms with Crippen LogP contribution in [0.2, 0.25) is 5.02 Å². The molecule has 0 bridgehead atoms. The van der Waals surface area contributed by atoms with Crippen molar-refractivity contribution in [3.05, 3.63) is 82.8 Å². The lowest BCUT2D eigenvalue weighted by Crippen LogP contribution is -2.35. The molecule has 0 radical (unpaired) electrons. The Labute approximate surface area is 202 Å². The summed E-state index contributed by atoms with van der Waals surface area (Å²) in [6.45, 7) is 4.24. The van der Waals surface area contributed by atoms with E-state index in [0.29, 0.717) is 47.2 Å². The van der Waals surface area contributed by atoms with E-state index < -0.39 is 6.03 Å². The molecule has 1 aliphatic rings. The summed E-state index contributed by atoms with van der Waals surface area (Å²) >= 11 is 6.19. The Kier molecular flexibility index (Phi) is 7.27. The van der Waals surface area contributed by atoms with Gasteiger partial charge in [-0.1, -0.05) is 29.8 Å². The standard InChI is InChI=1S/C25H25ClFN5O2/c1-17-7-8-18(15-22(17)27)29-25(34)30-19-9-10-23(28-16-19)31-11-4-12-32(14-13-31)24(33)20-5-2-3-6-21(20)26/h2-3,5-10,15-16H,4,11-14H2,1H3,(H2,29,30,34). The van der Waals surface area contributed by atoms with Crippen LogP contribution in [-0.4, -0.2) is 48.0 Å². The van der Waals surface area contributed by atoms with Crippen LogP contribution in [0.4, 0.5) is 26.4 Å². The van der Waals surface area contributed by atoms with Gasteiger partial charge in [-0.25, -0.2) is 14.2 Å². The molecule has 1 fully saturated rings. The van der Waals surface area contributed by atoms with Gasteiger partial charge in [0.15, 0.2) is 0 Å². The average Bonchev–Trinajstić information content (AvgIpc) is 3.08. The molecule has 4 rings (SSSR count). The van der Waals surface area contributed by atoms with Gasteiger partial charge in [-0.2, -0.15) is 0 Å². The Balaban J connectivity index is 1.33. The Bertz CT molecular complexity index is 1190. The lowest BCUT2D eigenvalue weighted by atomic mass is 10.2. The maximum absolute atomic E-state index is 13.7. The first-order valence-corrected chi connectivity index (χ1v) is 11.4. The van der Waals surface area contributed by atoms with E-state index in [1.165, 1.54) is 6.07 Å². The normalized spacial score (nSPS) is 13.9. The van der Waals surface area contributed by atoms with Crippen molar-refractivity contribution in [1.29, 1.82) is 0 Å². The zero-order valence-electron chi connectivity index (χ0n) is 18.7. The van der Waals surface area contributed by atoms with Gasteiger partial charge in [0.25, 0.3) is 5.91 Å². The van der Waals surface area contributed by atoms with Crippen LogP contribution < -0.4 is 15.5 Å². The quantitative estimate of drug-likeness (QED) is 0.538. The van der Waals surface area contributed by atoms with Gasteiger partial charge < -0.3 is 20.4 Å². The van der Waals surface area contributed by atoms with Crippen LogP contribution in [0.15, 0.2) is 60.8 Å². The molecule has 2 heterocycles. The van der Waals surface area contributed by atoms with Crippen molar-refractivity contribution in [3.8, 4) is 0 Å². The lowest BCUT2D eigenvalue weighted by molar-refractivity contribution is 0.0767. The Morgan fingerprint density at radius 2 is 1.74 bits per heavy atom. The number of hydrogen-bond donors (Lipinski definition) is 2. The highest BCUT2D eigenvalue weighted by Gasteiger charge is 2.22. The van der Waals surface area contributed by atoms with Gasteiger partial charge in [0.1, 0.15) is 11.6 Å². The fourth-order valence-electron chi connectivity index (χ4n) is 3.77. The Morgan fingerprint density at radius 1 is 0.971 bits per heavy atom. The predicted octanol–water partition coefficient (Wildman–Crippen LogP) is 5.18. The third-order valence-corrected chi connectivity index (χ3v) is 5.98. The van der Waals surface area contributed by atoms with Gasteiger partial charge in [-0.3, -0.25) is 4.79 Å². The van der Waals surface area contributed by atoms with E-state index in [1.54, 1.807) is 49.5 Å². The van der Waals surface area contributed by atoms with Gasteiger partial charge >= 0.3 is 6.03 Å². The molecule has 2 aromatic carbocycles. The van der Waals surface area contributed by atoms with Crippen molar-refractivity contribution < 1.29 is 14.0 Å². The molecule has 3 aromatic rings. The number of nitrogens with zero attached hydrogens (tertiary/aromatic N) is 3. The molecule has 0 saturated carbocycles. The van der Waals surface area contributed by atoms with Gasteiger partial charge in [0, 0.05) is 31.9 Å². The molecule has 176 valence electrons. The Hall–Kier alpha value is -3.65. The molecule has 1 aromatic heterocycles. The first kappa shape index (κ1) is 23.5. The number of rotatable bonds is 4. The largest absolute Gasteiger partial charge is 0.355 e. The molecule has 0 unspecified atom stereocenters. The fraction of sp³-hybridized carbons (Fsp3) is 0.240. The monoisotopic (exact) mass is 481 g/mol. The summed E-state index contributed by atoms with van der Waals surface area (Å²) in [6.07, 6.45) is 2.37. The molecule has 34 heavy (non-hydrogen) atoms. The summed E-state index contributed by atoms with van der Waals surface area (Å²) in [5.41, 5.74) is 1.90. The highest BCUT2D eigenvalue weighted by molar-refractivity contribution is 6.33. The fourth-order valence-corrected chi connectivity index (χ4v) is 3.98. The first-order chi connectivity index (χ1) is 16.4. The molecule has 1 aliphatic heterocycles. The third kappa shape index (κ3) is 5.63. The van der Waals surface area contributed by atoms with Gasteiger partial charge in [0.05, 0.1) is 22.5 Å². The second-order valence-electron chi connectivity index (χ2n) is 8.06. The first-order valence-electron chi connectivity index (χ1n) is 11.0. The van der Waals surface area contributed by atoms with Crippen molar-refractivity contribution in [2.45, 2.75) is 13.3 Å². The molecule has 0 aliphatic carbocycles. The topological polar surface area (TPSA) is 77.6 Å². The average molecular weight is 482 g/mol. The van der Waals surface area contributed by atoms with Crippen molar-refractivity contribution in [2.75, 3.05) is 41.7 Å². The van der Waals surface area contributed by atoms with Crippen LogP contribution in [0.25, 0.3) is 0 Å². The van der Waals surface area contributed by atoms with E-state index in [2.05, 4.69) is 20.5 Å². The Morgan fingerprint density at radius 3 is 2.47 bits per heavy atom. The summed E-state index contributed by atoms with van der Waals surface area (Å²) in [5, 5.41) is 5.75. The summed E-state index contributed by atoms with van der Waals surface area (Å²) in [6, 6.07) is 14.7. The molecule has 3 amide bonds. The van der Waals surface area contributed by atoms with Crippen LogP contribution in [0.3, 0.4) is 0 Å². The van der Waals surface area contributed by atoms with Crippen LogP contribution in [0.5, 0.6) is 0 Å². The van der Waals surface area contributed by atoms with E-state index in [4.69, 9.17) is 11.6 Å². The number of carbonyl (C=O) groups excluding carboxylic acids is 2. The number of aryl methyl sites for hydroxylation is 1. The minimum Gasteiger partial charge on any atom is -0.355 e. The predicted molar refractivity (Wildman–Crippen MR) is 132 cm³/mol. The van der Waals surface area contributed by atoms with E-state index in [0.717, 1.165) is 18.8 Å². The zero-order chi connectivity index (χ0) is 24.1. The number of amides is 3. The van der Waals surface area contributed by atoms with Crippen molar-refractivity contribution >= 4 is 40.7 Å². The molecule has 0 spiro atoms. The minimum atomic E-state index is -0.485. The third-order valence-electron chi connectivity index (χ3n) is 5.65. The maximum atomic E-state index is 13.7. The van der Waals surface area contributed by atoms with Crippen LogP contribution in [0, 0.1) is 12.7 Å². The summed E-state index contributed by atoms with van der Waals surface area (Å²) in [5.74, 6) is 0.312. The summed E-state index contributed by atoms with van der Waals surface area (Å²) in [7, 11) is 0. The molecule has 7 nitrogen and oxygen atoms in total. The second kappa shape index (κ2) is 10.5. The number of pyridine rings is 1. The lowest BCUT2D eigenvalue weighted by Gasteiger charge is -2.23. The van der Waals surface area contributed by atoms with Gasteiger partial charge in [-0.05, 0) is 55.3 Å². The molecule has 1 saturated heterocycles. The van der Waals surface area contributed by atoms with Gasteiger partial charge in [0.2, 0.25) is 0 Å². The highest BCUT2D eigenvalue weighted by Crippen LogP contribution is 2.21. The molecular weight excluding hydrogens is 457 g/mol. The molecule has 2 N–H and O–H groups in total. The van der Waals surface area contributed by atoms with Gasteiger partial charge in [-0.15, -0.1) is 0 Å². The number of nitrogens with one attached hydrogen (secondary N) is 2. The number of urea groups is 1. The second-order valence-corrected chi connectivity index (χ2v) is 8.47. The summed E-state index contributed by atoms with van der Waals surface area (Å²) in [4.78, 5) is 33.5. The SMILES string of the molecule is Cc1ccc(NC(=O)Nc2ccc(N3CCCN(C(=O)c4ccccc4Cl)CC3)nc2)cc1F. The van der Waals surface area contributed by atoms with Crippen molar-refractivity contribution in [2.24, 2.45) is 0 Å². The smallest absolute Gasteiger partial charge is 0.323 e. The number of halogens is 2.